The summed E-state index contributed by atoms with van der Waals surface area (Å²) in [5.41, 5.74) is -0.639. The average molecular weight is 525 g/mol. The van der Waals surface area contributed by atoms with Gasteiger partial charge in [-0.25, -0.2) is 4.79 Å². The lowest BCUT2D eigenvalue weighted by molar-refractivity contribution is -0.206. The van der Waals surface area contributed by atoms with Gasteiger partial charge in [-0.1, -0.05) is 45.0 Å². The topological polar surface area (TPSA) is 88.4 Å². The molecule has 0 spiro atoms. The molecule has 0 aromatic rings. The number of hydrogen-bond acceptors (Lipinski definition) is 7. The maximum atomic E-state index is 13.8. The number of fused-ring (bicyclic) bond motifs is 3. The summed E-state index contributed by atoms with van der Waals surface area (Å²) in [6.07, 6.45) is 9.41. The predicted molar refractivity (Wildman–Crippen MR) is 144 cm³/mol. The molecule has 0 aromatic carbocycles. The zero-order chi connectivity index (χ0) is 27.1. The van der Waals surface area contributed by atoms with Crippen molar-refractivity contribution < 1.29 is 24.3 Å². The van der Waals surface area contributed by atoms with Gasteiger partial charge in [-0.05, 0) is 76.1 Å². The first kappa shape index (κ1) is 26.2. The van der Waals surface area contributed by atoms with Crippen LogP contribution in [0.25, 0.3) is 0 Å². The number of hydrogen-bond donors (Lipinski definition) is 1. The fraction of sp³-hybridized carbons (Fsp3) is 0.774. The molecule has 1 N–H and O–H groups in total. The smallest absolute Gasteiger partial charge is 0.350 e. The number of oxime groups is 1. The quantitative estimate of drug-likeness (QED) is 0.436. The molecule has 2 unspecified atom stereocenters. The molecule has 4 bridgehead atoms. The number of piperidine rings is 3. The highest BCUT2D eigenvalue weighted by Gasteiger charge is 2.67. The number of rotatable bonds is 4. The van der Waals surface area contributed by atoms with Crippen LogP contribution in [0.5, 0.6) is 0 Å². The maximum Gasteiger partial charge on any atom is 0.350 e. The van der Waals surface area contributed by atoms with Crippen molar-refractivity contribution >= 4 is 17.5 Å². The van der Waals surface area contributed by atoms with E-state index in [2.05, 4.69) is 43.5 Å². The lowest BCUT2D eigenvalue weighted by Gasteiger charge is -2.61. The van der Waals surface area contributed by atoms with Crippen molar-refractivity contribution in [2.24, 2.45) is 44.6 Å². The van der Waals surface area contributed by atoms with Crippen LogP contribution in [0.4, 0.5) is 0 Å². The van der Waals surface area contributed by atoms with E-state index in [0.29, 0.717) is 12.8 Å². The van der Waals surface area contributed by atoms with E-state index in [0.717, 1.165) is 57.5 Å². The van der Waals surface area contributed by atoms with E-state index in [4.69, 9.17) is 9.57 Å². The second kappa shape index (κ2) is 8.76. The third kappa shape index (κ3) is 3.49. The third-order valence-electron chi connectivity index (χ3n) is 12.4. The highest BCUT2D eigenvalue weighted by atomic mass is 16.7. The van der Waals surface area contributed by atoms with Crippen LogP contribution in [-0.2, 0) is 19.2 Å². The summed E-state index contributed by atoms with van der Waals surface area (Å²) in [5, 5.41) is 16.1. The lowest BCUT2D eigenvalue weighted by atomic mass is 9.44. The van der Waals surface area contributed by atoms with Crippen LogP contribution < -0.4 is 0 Å². The highest BCUT2D eigenvalue weighted by molar-refractivity contribution is 5.97. The Labute approximate surface area is 226 Å². The van der Waals surface area contributed by atoms with Crippen LogP contribution in [0.2, 0.25) is 0 Å². The molecule has 2 saturated carbocycles. The van der Waals surface area contributed by atoms with E-state index >= 15 is 0 Å². The predicted octanol–water partition coefficient (Wildman–Crippen LogP) is 4.30. The fourth-order valence-electron chi connectivity index (χ4n) is 9.29. The SMILES string of the molecule is C=C[C@]1(C)C[C@@H](OC(=O)C2CC(C34CCN(CC3)CC4)=NO2)[C@]2(C)C3C(=O)C=C[C@@]3(CC[C@@H]2C)[C@@H](C)[C@@H]1O. The number of carbonyl (C=O) groups excluding carboxylic acids is 2. The third-order valence-corrected chi connectivity index (χ3v) is 12.4. The van der Waals surface area contributed by atoms with Gasteiger partial charge in [0.25, 0.3) is 0 Å². The molecule has 7 rings (SSSR count). The zero-order valence-electron chi connectivity index (χ0n) is 23.4. The molecule has 0 amide bonds. The van der Waals surface area contributed by atoms with Crippen LogP contribution in [0.15, 0.2) is 30.0 Å². The summed E-state index contributed by atoms with van der Waals surface area (Å²) in [6.45, 7) is 15.7. The molecule has 3 saturated heterocycles. The summed E-state index contributed by atoms with van der Waals surface area (Å²) in [5.74, 6) is -0.612. The molecule has 7 aliphatic rings. The van der Waals surface area contributed by atoms with E-state index in [-0.39, 0.29) is 29.0 Å². The Hall–Kier alpha value is -1.99. The number of ether oxygens (including phenoxy) is 1. The lowest BCUT2D eigenvalue weighted by Crippen LogP contribution is -2.63. The van der Waals surface area contributed by atoms with Gasteiger partial charge >= 0.3 is 5.97 Å². The first-order valence-electron chi connectivity index (χ1n) is 14.7. The number of esters is 1. The monoisotopic (exact) mass is 524 g/mol. The van der Waals surface area contributed by atoms with Gasteiger partial charge in [-0.3, -0.25) is 4.79 Å². The van der Waals surface area contributed by atoms with E-state index in [1.165, 1.54) is 0 Å². The van der Waals surface area contributed by atoms with E-state index < -0.39 is 40.5 Å². The normalized spacial score (nSPS) is 51.4. The Bertz CT molecular complexity index is 1080. The molecule has 3 aliphatic carbocycles. The molecule has 0 radical (unpaired) electrons. The number of aliphatic hydroxyl groups excluding tert-OH is 1. The Morgan fingerprint density at radius 1 is 1.21 bits per heavy atom. The first-order valence-corrected chi connectivity index (χ1v) is 14.7. The average Bonchev–Trinajstić information content (AvgIpc) is 3.57. The highest BCUT2D eigenvalue weighted by Crippen LogP contribution is 2.66. The zero-order valence-corrected chi connectivity index (χ0v) is 23.4. The van der Waals surface area contributed by atoms with Crippen LogP contribution in [0, 0.1) is 39.4 Å². The van der Waals surface area contributed by atoms with Gasteiger partial charge in [0.1, 0.15) is 6.10 Å². The van der Waals surface area contributed by atoms with Crippen molar-refractivity contribution in [3.8, 4) is 0 Å². The van der Waals surface area contributed by atoms with Crippen molar-refractivity contribution in [3.63, 3.8) is 0 Å². The van der Waals surface area contributed by atoms with Gasteiger partial charge in [-0.15, -0.1) is 6.58 Å². The molecule has 208 valence electrons. The molecule has 4 aliphatic heterocycles. The van der Waals surface area contributed by atoms with Gasteiger partial charge in [0.05, 0.1) is 11.8 Å². The Balaban J connectivity index is 1.30. The minimum atomic E-state index is -0.756. The van der Waals surface area contributed by atoms with Crippen molar-refractivity contribution in [2.45, 2.75) is 91.0 Å². The van der Waals surface area contributed by atoms with Crippen molar-refractivity contribution in [3.05, 3.63) is 24.8 Å². The van der Waals surface area contributed by atoms with Crippen molar-refractivity contribution in [1.82, 2.24) is 4.90 Å². The van der Waals surface area contributed by atoms with E-state index in [1.807, 2.05) is 13.0 Å². The summed E-state index contributed by atoms with van der Waals surface area (Å²) in [6, 6.07) is 0. The van der Waals surface area contributed by atoms with Crippen LogP contribution in [-0.4, -0.2) is 65.4 Å². The molecule has 7 nitrogen and oxygen atoms in total. The number of ketones is 1. The summed E-state index contributed by atoms with van der Waals surface area (Å²) in [4.78, 5) is 35.5. The molecule has 9 atom stereocenters. The minimum Gasteiger partial charge on any atom is -0.459 e. The number of allylic oxidation sites excluding steroid dienone is 2. The summed E-state index contributed by atoms with van der Waals surface area (Å²) >= 11 is 0. The summed E-state index contributed by atoms with van der Waals surface area (Å²) < 4.78 is 6.43. The molecule has 5 fully saturated rings. The van der Waals surface area contributed by atoms with Gasteiger partial charge < -0.3 is 19.6 Å². The first-order chi connectivity index (χ1) is 18.0. The summed E-state index contributed by atoms with van der Waals surface area (Å²) in [7, 11) is 0. The second-order valence-corrected chi connectivity index (χ2v) is 13.9. The van der Waals surface area contributed by atoms with Crippen LogP contribution in [0.1, 0.15) is 72.6 Å². The van der Waals surface area contributed by atoms with E-state index in [9.17, 15) is 14.7 Å². The second-order valence-electron chi connectivity index (χ2n) is 13.9. The number of nitrogens with zero attached hydrogens (tertiary/aromatic N) is 2. The molecular weight excluding hydrogens is 480 g/mol. The Morgan fingerprint density at radius 2 is 1.89 bits per heavy atom. The maximum absolute atomic E-state index is 13.8. The molecule has 0 aromatic heterocycles. The van der Waals surface area contributed by atoms with Crippen LogP contribution >= 0.6 is 0 Å². The van der Waals surface area contributed by atoms with Gasteiger partial charge in [0.2, 0.25) is 6.10 Å². The number of aliphatic hydroxyl groups is 1. The van der Waals surface area contributed by atoms with Crippen molar-refractivity contribution in [2.75, 3.05) is 19.6 Å². The van der Waals surface area contributed by atoms with Gasteiger partial charge in [-0.2, -0.15) is 0 Å². The molecule has 4 heterocycles. The Kier molecular flexibility index (Phi) is 6.05. The largest absolute Gasteiger partial charge is 0.459 e. The number of carbonyl (C=O) groups is 2. The van der Waals surface area contributed by atoms with Crippen molar-refractivity contribution in [1.29, 1.82) is 0 Å². The molecule has 38 heavy (non-hydrogen) atoms. The van der Waals surface area contributed by atoms with Gasteiger partial charge in [0, 0.05) is 34.0 Å². The molecular formula is C31H44N2O5. The molecule has 7 heteroatoms. The van der Waals surface area contributed by atoms with E-state index in [1.54, 1.807) is 6.08 Å². The van der Waals surface area contributed by atoms with Gasteiger partial charge in [0.15, 0.2) is 5.78 Å². The Morgan fingerprint density at radius 3 is 2.55 bits per heavy atom. The minimum absolute atomic E-state index is 0.0527. The standard InChI is InChI=1S/C31H44N2O5/c1-6-28(4)18-24(29(5)19(2)7-9-31(20(3)26(28)35)10-8-21(34)25(29)31)37-27(36)22-17-23(32-38-22)30-11-14-33(15-12-30)16-13-30/h6,8,10,19-20,22,24-26,35H,1,7,9,11-18H2,2-5H3/t19-,20-,22?,24+,25?,26-,28+,29+,31-/m0/s1. The van der Waals surface area contributed by atoms with Crippen LogP contribution in [0.3, 0.4) is 0 Å². The fourth-order valence-corrected chi connectivity index (χ4v) is 9.29.